The van der Waals surface area contributed by atoms with Gasteiger partial charge in [0, 0.05) is 13.1 Å². The molecule has 1 N–H and O–H groups in total. The van der Waals surface area contributed by atoms with Crippen LogP contribution in [0.5, 0.6) is 0 Å². The summed E-state index contributed by atoms with van der Waals surface area (Å²) in [7, 11) is -4.07. The van der Waals surface area contributed by atoms with Crippen molar-refractivity contribution in [2.45, 2.75) is 58.4 Å². The van der Waals surface area contributed by atoms with Gasteiger partial charge in [-0.2, -0.15) is 0 Å². The van der Waals surface area contributed by atoms with Crippen LogP contribution in [0.15, 0.2) is 77.7 Å². The molecule has 208 valence electrons. The minimum atomic E-state index is -4.07. The number of benzene rings is 3. The van der Waals surface area contributed by atoms with Crippen LogP contribution in [0.25, 0.3) is 0 Å². The van der Waals surface area contributed by atoms with Crippen LogP contribution >= 0.6 is 0 Å². The van der Waals surface area contributed by atoms with E-state index >= 15 is 0 Å². The smallest absolute Gasteiger partial charge is 0.264 e. The summed E-state index contributed by atoms with van der Waals surface area (Å²) in [6, 6.07) is 20.9. The number of rotatable bonds is 12. The summed E-state index contributed by atoms with van der Waals surface area (Å²) >= 11 is 0. The first-order chi connectivity index (χ1) is 18.6. The third-order valence-corrected chi connectivity index (χ3v) is 8.68. The zero-order valence-corrected chi connectivity index (χ0v) is 24.3. The maximum Gasteiger partial charge on any atom is 0.264 e. The molecule has 1 unspecified atom stereocenters. The Labute approximate surface area is 232 Å². The topological polar surface area (TPSA) is 86.8 Å². The molecule has 3 aromatic rings. The van der Waals surface area contributed by atoms with E-state index < -0.39 is 28.5 Å². The highest BCUT2D eigenvalue weighted by Crippen LogP contribution is 2.26. The van der Waals surface area contributed by atoms with Crippen molar-refractivity contribution < 1.29 is 18.0 Å². The lowest BCUT2D eigenvalue weighted by Crippen LogP contribution is -2.53. The molecule has 1 atom stereocenters. The molecule has 0 aromatic heterocycles. The summed E-state index contributed by atoms with van der Waals surface area (Å²) in [6.07, 6.45) is 0.942. The van der Waals surface area contributed by atoms with Crippen molar-refractivity contribution in [2.75, 3.05) is 23.9 Å². The molecule has 0 saturated heterocycles. The maximum absolute atomic E-state index is 14.0. The first kappa shape index (κ1) is 29.9. The largest absolute Gasteiger partial charge is 0.355 e. The molecule has 2 amide bonds. The van der Waals surface area contributed by atoms with Crippen LogP contribution in [-0.4, -0.2) is 50.8 Å². The van der Waals surface area contributed by atoms with Crippen LogP contribution in [0.1, 0.15) is 42.5 Å². The monoisotopic (exact) mass is 549 g/mol. The average molecular weight is 550 g/mol. The third kappa shape index (κ3) is 7.47. The molecule has 8 heteroatoms. The summed E-state index contributed by atoms with van der Waals surface area (Å²) in [5.74, 6) is -0.682. The number of carbonyl (C=O) groups excluding carboxylic acids is 2. The Hall–Kier alpha value is -3.65. The van der Waals surface area contributed by atoms with Crippen molar-refractivity contribution in [1.82, 2.24) is 10.2 Å². The predicted molar refractivity (Wildman–Crippen MR) is 156 cm³/mol. The van der Waals surface area contributed by atoms with E-state index in [0.717, 1.165) is 26.6 Å². The van der Waals surface area contributed by atoms with Crippen LogP contribution in [-0.2, 0) is 26.0 Å². The SMILES string of the molecule is CCNC(=O)C(CC)N(CCc1ccccc1)C(=O)CN(c1ccc(C)c(C)c1)S(=O)(=O)c1ccc(C)cc1. The number of hydrogen-bond acceptors (Lipinski definition) is 4. The number of hydrogen-bond donors (Lipinski definition) is 1. The number of nitrogens with zero attached hydrogens (tertiary/aromatic N) is 2. The van der Waals surface area contributed by atoms with E-state index in [0.29, 0.717) is 25.1 Å². The average Bonchev–Trinajstić information content (AvgIpc) is 2.92. The number of sulfonamides is 1. The van der Waals surface area contributed by atoms with Gasteiger partial charge >= 0.3 is 0 Å². The zero-order chi connectivity index (χ0) is 28.6. The molecule has 0 aliphatic heterocycles. The van der Waals surface area contributed by atoms with Gasteiger partial charge in [-0.1, -0.05) is 61.0 Å². The molecule has 0 aliphatic carbocycles. The lowest BCUT2D eigenvalue weighted by molar-refractivity contribution is -0.139. The molecular formula is C31H39N3O4S. The second-order valence-electron chi connectivity index (χ2n) is 9.73. The normalized spacial score (nSPS) is 12.0. The second-order valence-corrected chi connectivity index (χ2v) is 11.6. The quantitative estimate of drug-likeness (QED) is 0.352. The summed E-state index contributed by atoms with van der Waals surface area (Å²) < 4.78 is 29.0. The number of nitrogens with one attached hydrogen (secondary N) is 1. The molecule has 0 fully saturated rings. The molecule has 39 heavy (non-hydrogen) atoms. The van der Waals surface area contributed by atoms with Crippen molar-refractivity contribution in [3.8, 4) is 0 Å². The summed E-state index contributed by atoms with van der Waals surface area (Å²) in [5, 5.41) is 2.83. The van der Waals surface area contributed by atoms with Gasteiger partial charge in [0.1, 0.15) is 12.6 Å². The number of aryl methyl sites for hydroxylation is 3. The molecular weight excluding hydrogens is 510 g/mol. The minimum Gasteiger partial charge on any atom is -0.355 e. The molecule has 0 saturated carbocycles. The molecule has 3 rings (SSSR count). The van der Waals surface area contributed by atoms with E-state index in [9.17, 15) is 18.0 Å². The van der Waals surface area contributed by atoms with E-state index in [4.69, 9.17) is 0 Å². The standard InChI is InChI=1S/C31H39N3O4S/c1-6-29(31(36)32-7-2)33(20-19-26-11-9-8-10-12-26)30(35)22-34(27-16-15-24(4)25(5)21-27)39(37,38)28-17-13-23(3)14-18-28/h8-18,21,29H,6-7,19-20,22H2,1-5H3,(H,32,36). The van der Waals surface area contributed by atoms with E-state index in [1.807, 2.05) is 71.0 Å². The molecule has 7 nitrogen and oxygen atoms in total. The summed E-state index contributed by atoms with van der Waals surface area (Å²) in [4.78, 5) is 28.6. The Kier molecular flexibility index (Phi) is 10.3. The molecule has 0 spiro atoms. The Morgan fingerprint density at radius 3 is 2.13 bits per heavy atom. The van der Waals surface area contributed by atoms with Crippen LogP contribution in [0.3, 0.4) is 0 Å². The van der Waals surface area contributed by atoms with Crippen LogP contribution in [0.4, 0.5) is 5.69 Å². The lowest BCUT2D eigenvalue weighted by Gasteiger charge is -2.33. The third-order valence-electron chi connectivity index (χ3n) is 6.89. The van der Waals surface area contributed by atoms with Gasteiger partial charge in [0.15, 0.2) is 0 Å². The van der Waals surface area contributed by atoms with Gasteiger partial charge in [-0.3, -0.25) is 13.9 Å². The number of likely N-dealkylation sites (N-methyl/N-ethyl adjacent to an activating group) is 1. The van der Waals surface area contributed by atoms with Gasteiger partial charge in [-0.25, -0.2) is 8.42 Å². The lowest BCUT2D eigenvalue weighted by atomic mass is 10.1. The van der Waals surface area contributed by atoms with Gasteiger partial charge < -0.3 is 10.2 Å². The fourth-order valence-electron chi connectivity index (χ4n) is 4.43. The fraction of sp³-hybridized carbons (Fsp3) is 0.355. The Balaban J connectivity index is 2.03. The van der Waals surface area contributed by atoms with Crippen molar-refractivity contribution in [1.29, 1.82) is 0 Å². The fourth-order valence-corrected chi connectivity index (χ4v) is 5.84. The summed E-state index contributed by atoms with van der Waals surface area (Å²) in [5.41, 5.74) is 4.30. The van der Waals surface area contributed by atoms with E-state index in [-0.39, 0.29) is 17.3 Å². The maximum atomic E-state index is 14.0. The predicted octanol–water partition coefficient (Wildman–Crippen LogP) is 4.79. The highest BCUT2D eigenvalue weighted by molar-refractivity contribution is 7.92. The van der Waals surface area contributed by atoms with Gasteiger partial charge in [0.25, 0.3) is 10.0 Å². The van der Waals surface area contributed by atoms with Gasteiger partial charge in [-0.15, -0.1) is 0 Å². The van der Waals surface area contributed by atoms with Gasteiger partial charge in [0.2, 0.25) is 11.8 Å². The Morgan fingerprint density at radius 1 is 0.872 bits per heavy atom. The van der Waals surface area contributed by atoms with Gasteiger partial charge in [0.05, 0.1) is 10.6 Å². The van der Waals surface area contributed by atoms with E-state index in [1.165, 1.54) is 4.90 Å². The molecule has 0 radical (unpaired) electrons. The Bertz CT molecular complexity index is 1370. The van der Waals surface area contributed by atoms with Crippen molar-refractivity contribution >= 4 is 27.5 Å². The van der Waals surface area contributed by atoms with E-state index in [2.05, 4.69) is 5.32 Å². The first-order valence-electron chi connectivity index (χ1n) is 13.4. The molecule has 0 aliphatic rings. The van der Waals surface area contributed by atoms with Crippen LogP contribution in [0.2, 0.25) is 0 Å². The molecule has 3 aromatic carbocycles. The highest BCUT2D eigenvalue weighted by Gasteiger charge is 2.33. The van der Waals surface area contributed by atoms with E-state index in [1.54, 1.807) is 36.4 Å². The first-order valence-corrected chi connectivity index (χ1v) is 14.8. The number of anilines is 1. The highest BCUT2D eigenvalue weighted by atomic mass is 32.2. The molecule has 0 heterocycles. The van der Waals surface area contributed by atoms with Crippen molar-refractivity contribution in [3.63, 3.8) is 0 Å². The minimum absolute atomic E-state index is 0.103. The van der Waals surface area contributed by atoms with Crippen molar-refractivity contribution in [2.24, 2.45) is 0 Å². The number of carbonyl (C=O) groups is 2. The summed E-state index contributed by atoms with van der Waals surface area (Å²) in [6.45, 7) is 9.72. The van der Waals surface area contributed by atoms with Gasteiger partial charge in [-0.05, 0) is 81.5 Å². The molecule has 0 bridgehead atoms. The Morgan fingerprint density at radius 2 is 1.54 bits per heavy atom. The zero-order valence-electron chi connectivity index (χ0n) is 23.5. The van der Waals surface area contributed by atoms with Crippen molar-refractivity contribution in [3.05, 3.63) is 95.1 Å². The van der Waals surface area contributed by atoms with Crippen LogP contribution in [0, 0.1) is 20.8 Å². The number of amides is 2. The van der Waals surface area contributed by atoms with Crippen LogP contribution < -0.4 is 9.62 Å². The second kappa shape index (κ2) is 13.4.